The number of hydrogen-bond donors (Lipinski definition) is 1. The Kier molecular flexibility index (Phi) is 4.90. The summed E-state index contributed by atoms with van der Waals surface area (Å²) in [5.41, 5.74) is -0.400. The third kappa shape index (κ3) is 3.02. The Balaban J connectivity index is 2.85. The molecule has 0 spiro atoms. The van der Waals surface area contributed by atoms with Gasteiger partial charge >= 0.3 is 5.97 Å². The van der Waals surface area contributed by atoms with Gasteiger partial charge in [-0.05, 0) is 31.0 Å². The summed E-state index contributed by atoms with van der Waals surface area (Å²) in [4.78, 5) is 24.9. The zero-order valence-electron chi connectivity index (χ0n) is 12.7. The Hall–Kier alpha value is -1.82. The Bertz CT molecular complexity index is 780. The van der Waals surface area contributed by atoms with Crippen molar-refractivity contribution in [2.45, 2.75) is 27.3 Å². The predicted octanol–water partition coefficient (Wildman–Crippen LogP) is 3.30. The van der Waals surface area contributed by atoms with Crippen LogP contribution < -0.4 is 5.56 Å². The third-order valence-electron chi connectivity index (χ3n) is 3.22. The highest BCUT2D eigenvalue weighted by Gasteiger charge is 2.23. The maximum atomic E-state index is 12.7. The molecule has 118 valence electrons. The van der Waals surface area contributed by atoms with Crippen LogP contribution in [0.15, 0.2) is 27.5 Å². The smallest absolute Gasteiger partial charge is 0.358 e. The molecular weight excluding hydrogens is 350 g/mol. The summed E-state index contributed by atoms with van der Waals surface area (Å²) >= 11 is 3.31. The van der Waals surface area contributed by atoms with E-state index in [1.54, 1.807) is 25.1 Å². The third-order valence-corrected chi connectivity index (χ3v) is 3.72. The Labute approximate surface area is 136 Å². The molecule has 5 nitrogen and oxygen atoms in total. The second-order valence-electron chi connectivity index (χ2n) is 5.42. The van der Waals surface area contributed by atoms with Crippen molar-refractivity contribution < 1.29 is 14.6 Å². The molecule has 0 saturated heterocycles. The van der Waals surface area contributed by atoms with Crippen molar-refractivity contribution in [2.75, 3.05) is 6.61 Å². The van der Waals surface area contributed by atoms with Crippen LogP contribution in [0.4, 0.5) is 0 Å². The molecule has 2 aromatic rings. The first-order chi connectivity index (χ1) is 10.4. The predicted molar refractivity (Wildman–Crippen MR) is 88.4 cm³/mol. The number of halogens is 1. The van der Waals surface area contributed by atoms with E-state index in [1.807, 2.05) is 13.8 Å². The van der Waals surface area contributed by atoms with Crippen LogP contribution in [-0.2, 0) is 11.3 Å². The van der Waals surface area contributed by atoms with Gasteiger partial charge in [0.1, 0.15) is 0 Å². The maximum absolute atomic E-state index is 12.7. The van der Waals surface area contributed by atoms with Gasteiger partial charge in [0.2, 0.25) is 0 Å². The van der Waals surface area contributed by atoms with Crippen LogP contribution in [0.2, 0.25) is 0 Å². The van der Waals surface area contributed by atoms with E-state index < -0.39 is 5.97 Å². The molecule has 1 aromatic carbocycles. The molecular formula is C16H18BrNO4. The molecule has 0 aliphatic rings. The largest absolute Gasteiger partial charge is 0.505 e. The summed E-state index contributed by atoms with van der Waals surface area (Å²) in [6.07, 6.45) is 0. The number of ether oxygens (including phenoxy) is 1. The Morgan fingerprint density at radius 1 is 1.36 bits per heavy atom. The normalized spacial score (nSPS) is 11.1. The molecule has 6 heteroatoms. The van der Waals surface area contributed by atoms with Gasteiger partial charge in [-0.3, -0.25) is 9.36 Å². The van der Waals surface area contributed by atoms with Crippen LogP contribution in [0, 0.1) is 5.92 Å². The zero-order chi connectivity index (χ0) is 16.4. The van der Waals surface area contributed by atoms with Crippen molar-refractivity contribution in [3.63, 3.8) is 0 Å². The molecule has 0 aliphatic heterocycles. The fraction of sp³-hybridized carbons (Fsp3) is 0.375. The number of nitrogens with zero attached hydrogens (tertiary/aromatic N) is 1. The molecule has 2 rings (SSSR count). The molecule has 1 N–H and O–H groups in total. The van der Waals surface area contributed by atoms with Crippen molar-refractivity contribution in [3.05, 3.63) is 38.7 Å². The van der Waals surface area contributed by atoms with E-state index in [4.69, 9.17) is 4.74 Å². The van der Waals surface area contributed by atoms with E-state index in [1.165, 1.54) is 4.57 Å². The fourth-order valence-corrected chi connectivity index (χ4v) is 2.71. The molecule has 0 bridgehead atoms. The number of benzene rings is 1. The Morgan fingerprint density at radius 2 is 2.05 bits per heavy atom. The lowest BCUT2D eigenvalue weighted by Crippen LogP contribution is -2.29. The second kappa shape index (κ2) is 6.52. The standard InChI is InChI=1S/C16H18BrNO4/c1-4-22-16(21)13-14(19)12-7-10(17)5-6-11(12)15(20)18(13)8-9(2)3/h5-7,9,19H,4,8H2,1-3H3. The number of carbonyl (C=O) groups excluding carboxylic acids is 1. The highest BCUT2D eigenvalue weighted by Crippen LogP contribution is 2.29. The fourth-order valence-electron chi connectivity index (χ4n) is 2.35. The van der Waals surface area contributed by atoms with Crippen molar-refractivity contribution in [2.24, 2.45) is 5.92 Å². The van der Waals surface area contributed by atoms with E-state index in [0.717, 1.165) is 0 Å². The minimum Gasteiger partial charge on any atom is -0.505 e. The van der Waals surface area contributed by atoms with Crippen molar-refractivity contribution in [1.82, 2.24) is 4.57 Å². The molecule has 0 atom stereocenters. The van der Waals surface area contributed by atoms with E-state index in [2.05, 4.69) is 15.9 Å². The highest BCUT2D eigenvalue weighted by atomic mass is 79.9. The quantitative estimate of drug-likeness (QED) is 0.841. The average molecular weight is 368 g/mol. The molecule has 1 heterocycles. The number of pyridine rings is 1. The summed E-state index contributed by atoms with van der Waals surface area (Å²) in [5, 5.41) is 11.2. The van der Waals surface area contributed by atoms with Crippen LogP contribution in [-0.4, -0.2) is 22.2 Å². The first-order valence-corrected chi connectivity index (χ1v) is 7.88. The number of esters is 1. The summed E-state index contributed by atoms with van der Waals surface area (Å²) in [7, 11) is 0. The van der Waals surface area contributed by atoms with Gasteiger partial charge in [-0.2, -0.15) is 0 Å². The van der Waals surface area contributed by atoms with Crippen LogP contribution in [0.25, 0.3) is 10.8 Å². The maximum Gasteiger partial charge on any atom is 0.358 e. The summed E-state index contributed by atoms with van der Waals surface area (Å²) in [5.74, 6) is -0.784. The zero-order valence-corrected chi connectivity index (χ0v) is 14.3. The summed E-state index contributed by atoms with van der Waals surface area (Å²) in [6, 6.07) is 4.98. The summed E-state index contributed by atoms with van der Waals surface area (Å²) < 4.78 is 7.01. The van der Waals surface area contributed by atoms with Crippen molar-refractivity contribution >= 4 is 32.7 Å². The number of fused-ring (bicyclic) bond motifs is 1. The van der Waals surface area contributed by atoms with E-state index in [9.17, 15) is 14.7 Å². The van der Waals surface area contributed by atoms with Crippen LogP contribution in [0.3, 0.4) is 0 Å². The monoisotopic (exact) mass is 367 g/mol. The summed E-state index contributed by atoms with van der Waals surface area (Å²) in [6.45, 7) is 6.04. The van der Waals surface area contributed by atoms with E-state index >= 15 is 0 Å². The van der Waals surface area contributed by atoms with E-state index in [-0.39, 0.29) is 29.5 Å². The van der Waals surface area contributed by atoms with Gasteiger partial charge in [0.15, 0.2) is 11.4 Å². The number of aromatic hydroxyl groups is 1. The van der Waals surface area contributed by atoms with Crippen LogP contribution >= 0.6 is 15.9 Å². The number of rotatable bonds is 4. The van der Waals surface area contributed by atoms with Gasteiger partial charge in [-0.25, -0.2) is 4.79 Å². The molecule has 0 radical (unpaired) electrons. The van der Waals surface area contributed by atoms with Gasteiger partial charge in [0.05, 0.1) is 12.0 Å². The average Bonchev–Trinajstić information content (AvgIpc) is 2.44. The lowest BCUT2D eigenvalue weighted by Gasteiger charge is -2.17. The molecule has 0 fully saturated rings. The number of hydrogen-bond acceptors (Lipinski definition) is 4. The van der Waals surface area contributed by atoms with Gasteiger partial charge in [0, 0.05) is 16.4 Å². The lowest BCUT2D eigenvalue weighted by molar-refractivity contribution is 0.0507. The molecule has 0 unspecified atom stereocenters. The van der Waals surface area contributed by atoms with Crippen LogP contribution in [0.5, 0.6) is 5.75 Å². The van der Waals surface area contributed by atoms with Gasteiger partial charge < -0.3 is 9.84 Å². The lowest BCUT2D eigenvalue weighted by atomic mass is 10.1. The van der Waals surface area contributed by atoms with E-state index in [0.29, 0.717) is 21.8 Å². The highest BCUT2D eigenvalue weighted by molar-refractivity contribution is 9.10. The molecule has 0 amide bonds. The van der Waals surface area contributed by atoms with Gasteiger partial charge in [0.25, 0.3) is 5.56 Å². The van der Waals surface area contributed by atoms with Crippen LogP contribution in [0.1, 0.15) is 31.3 Å². The van der Waals surface area contributed by atoms with Crippen molar-refractivity contribution in [1.29, 1.82) is 0 Å². The molecule has 0 aliphatic carbocycles. The SMILES string of the molecule is CCOC(=O)c1c(O)c2cc(Br)ccc2c(=O)n1CC(C)C. The molecule has 22 heavy (non-hydrogen) atoms. The minimum absolute atomic E-state index is 0.0915. The molecule has 0 saturated carbocycles. The first kappa shape index (κ1) is 16.5. The first-order valence-electron chi connectivity index (χ1n) is 7.09. The van der Waals surface area contributed by atoms with Crippen molar-refractivity contribution in [3.8, 4) is 5.75 Å². The molecule has 1 aromatic heterocycles. The number of aromatic nitrogens is 1. The minimum atomic E-state index is -0.695. The number of carbonyl (C=O) groups is 1. The van der Waals surface area contributed by atoms with Gasteiger partial charge in [-0.1, -0.05) is 29.8 Å². The topological polar surface area (TPSA) is 68.5 Å². The second-order valence-corrected chi connectivity index (χ2v) is 6.33. The Morgan fingerprint density at radius 3 is 2.64 bits per heavy atom. The van der Waals surface area contributed by atoms with Gasteiger partial charge in [-0.15, -0.1) is 0 Å².